The zero-order chi connectivity index (χ0) is 20.8. The van der Waals surface area contributed by atoms with E-state index >= 15 is 0 Å². The van der Waals surface area contributed by atoms with E-state index in [1.54, 1.807) is 11.3 Å². The molecule has 150 valence electrons. The van der Waals surface area contributed by atoms with E-state index in [4.69, 9.17) is 4.74 Å². The second kappa shape index (κ2) is 9.71. The maximum Gasteiger partial charge on any atom is 0.306 e. The largest absolute Gasteiger partial charge is 0.452 e. The summed E-state index contributed by atoms with van der Waals surface area (Å²) >= 11 is 1.67. The van der Waals surface area contributed by atoms with Crippen LogP contribution in [0, 0.1) is 11.8 Å². The SMILES string of the molecule is CCCCC(=O)OCC#Cc1ccc2sc3c(CC)cc(CC)cc3c(=O)c2c1. The van der Waals surface area contributed by atoms with Gasteiger partial charge in [-0.25, -0.2) is 0 Å². The van der Waals surface area contributed by atoms with Gasteiger partial charge in [0.1, 0.15) is 0 Å². The molecule has 2 aromatic carbocycles. The highest BCUT2D eigenvalue weighted by atomic mass is 32.1. The lowest BCUT2D eigenvalue weighted by atomic mass is 10.0. The number of fused-ring (bicyclic) bond motifs is 2. The molecular formula is C25H26O3S. The molecule has 0 aliphatic rings. The zero-order valence-corrected chi connectivity index (χ0v) is 18.1. The number of carbonyl (C=O) groups is 1. The molecule has 0 spiro atoms. The molecule has 0 amide bonds. The highest BCUT2D eigenvalue weighted by molar-refractivity contribution is 7.24. The Hall–Kier alpha value is -2.64. The van der Waals surface area contributed by atoms with Crippen LogP contribution in [0.5, 0.6) is 0 Å². The Balaban J connectivity index is 1.93. The summed E-state index contributed by atoms with van der Waals surface area (Å²) in [6.45, 7) is 6.35. The van der Waals surface area contributed by atoms with E-state index in [0.29, 0.717) is 11.8 Å². The van der Waals surface area contributed by atoms with Gasteiger partial charge in [0.25, 0.3) is 0 Å². The average molecular weight is 407 g/mol. The van der Waals surface area contributed by atoms with Gasteiger partial charge in [-0.15, -0.1) is 11.3 Å². The van der Waals surface area contributed by atoms with Crippen LogP contribution in [0.3, 0.4) is 0 Å². The molecule has 0 atom stereocenters. The van der Waals surface area contributed by atoms with Crippen LogP contribution in [0.2, 0.25) is 0 Å². The van der Waals surface area contributed by atoms with E-state index in [2.05, 4.69) is 31.8 Å². The predicted molar refractivity (Wildman–Crippen MR) is 122 cm³/mol. The van der Waals surface area contributed by atoms with Gasteiger partial charge in [0.15, 0.2) is 12.0 Å². The van der Waals surface area contributed by atoms with Crippen LogP contribution >= 0.6 is 11.3 Å². The van der Waals surface area contributed by atoms with E-state index in [-0.39, 0.29) is 18.0 Å². The Labute approximate surface area is 175 Å². The lowest BCUT2D eigenvalue weighted by Gasteiger charge is -2.08. The normalized spacial score (nSPS) is 10.7. The van der Waals surface area contributed by atoms with Crippen molar-refractivity contribution in [1.82, 2.24) is 0 Å². The van der Waals surface area contributed by atoms with E-state index in [9.17, 15) is 9.59 Å². The number of hydrogen-bond donors (Lipinski definition) is 0. The lowest BCUT2D eigenvalue weighted by molar-refractivity contribution is -0.142. The van der Waals surface area contributed by atoms with Gasteiger partial charge in [0, 0.05) is 32.2 Å². The first-order chi connectivity index (χ1) is 14.1. The number of benzene rings is 2. The standard InChI is InChI=1S/C25H26O3S/c1-4-7-10-23(26)28-13-8-9-18-11-12-22-20(16-18)24(27)21-15-17(5-2)14-19(6-3)25(21)29-22/h11-12,14-16H,4-7,10,13H2,1-3H3. The van der Waals surface area contributed by atoms with Gasteiger partial charge in [0.2, 0.25) is 0 Å². The van der Waals surface area contributed by atoms with Crippen molar-refractivity contribution in [3.05, 3.63) is 57.2 Å². The molecule has 0 aliphatic heterocycles. The molecule has 0 aliphatic carbocycles. The minimum absolute atomic E-state index is 0.0633. The van der Waals surface area contributed by atoms with Gasteiger partial charge in [-0.3, -0.25) is 9.59 Å². The average Bonchev–Trinajstić information content (AvgIpc) is 2.75. The first kappa shape index (κ1) is 21.1. The predicted octanol–water partition coefficient (Wildman–Crippen LogP) is 5.62. The Morgan fingerprint density at radius 1 is 1.07 bits per heavy atom. The number of hydrogen-bond acceptors (Lipinski definition) is 4. The molecule has 0 radical (unpaired) electrons. The van der Waals surface area contributed by atoms with Crippen LogP contribution in [0.25, 0.3) is 20.2 Å². The first-order valence-electron chi connectivity index (χ1n) is 10.2. The van der Waals surface area contributed by atoms with Crippen LogP contribution in [0.1, 0.15) is 56.7 Å². The Morgan fingerprint density at radius 2 is 1.90 bits per heavy atom. The summed E-state index contributed by atoms with van der Waals surface area (Å²) in [6.07, 6.45) is 4.05. The summed E-state index contributed by atoms with van der Waals surface area (Å²) < 4.78 is 7.17. The third-order valence-corrected chi connectivity index (χ3v) is 6.23. The maximum atomic E-state index is 13.2. The third kappa shape index (κ3) is 4.86. The number of ether oxygens (including phenoxy) is 1. The van der Waals surface area contributed by atoms with Crippen molar-refractivity contribution >= 4 is 37.5 Å². The fourth-order valence-electron chi connectivity index (χ4n) is 3.29. The van der Waals surface area contributed by atoms with Crippen molar-refractivity contribution in [2.24, 2.45) is 0 Å². The molecule has 1 aromatic heterocycles. The van der Waals surface area contributed by atoms with Crippen molar-refractivity contribution in [2.45, 2.75) is 52.9 Å². The maximum absolute atomic E-state index is 13.2. The molecular weight excluding hydrogens is 380 g/mol. The highest BCUT2D eigenvalue weighted by Gasteiger charge is 2.11. The van der Waals surface area contributed by atoms with Gasteiger partial charge >= 0.3 is 5.97 Å². The third-order valence-electron chi connectivity index (χ3n) is 4.97. The van der Waals surface area contributed by atoms with Gasteiger partial charge in [0.05, 0.1) is 0 Å². The first-order valence-corrected chi connectivity index (χ1v) is 11.1. The van der Waals surface area contributed by atoms with Crippen LogP contribution in [0.15, 0.2) is 35.1 Å². The summed E-state index contributed by atoms with van der Waals surface area (Å²) in [7, 11) is 0. The molecule has 0 N–H and O–H groups in total. The van der Waals surface area contributed by atoms with Gasteiger partial charge in [-0.2, -0.15) is 0 Å². The Bertz CT molecular complexity index is 1160. The van der Waals surface area contributed by atoms with E-state index < -0.39 is 0 Å². The van der Waals surface area contributed by atoms with Crippen molar-refractivity contribution in [1.29, 1.82) is 0 Å². The molecule has 3 rings (SSSR count). The topological polar surface area (TPSA) is 43.4 Å². The van der Waals surface area contributed by atoms with Crippen LogP contribution < -0.4 is 5.43 Å². The zero-order valence-electron chi connectivity index (χ0n) is 17.3. The minimum Gasteiger partial charge on any atom is -0.452 e. The molecule has 3 aromatic rings. The van der Waals surface area contributed by atoms with Crippen LogP contribution in [0.4, 0.5) is 0 Å². The highest BCUT2D eigenvalue weighted by Crippen LogP contribution is 2.29. The van der Waals surface area contributed by atoms with Gasteiger partial charge in [-0.05, 0) is 54.7 Å². The summed E-state index contributed by atoms with van der Waals surface area (Å²) in [6, 6.07) is 9.98. The van der Waals surface area contributed by atoms with Gasteiger partial charge in [-0.1, -0.05) is 45.1 Å². The minimum atomic E-state index is -0.215. The van der Waals surface area contributed by atoms with E-state index in [1.807, 2.05) is 31.2 Å². The van der Waals surface area contributed by atoms with E-state index in [1.165, 1.54) is 11.1 Å². The van der Waals surface area contributed by atoms with Crippen molar-refractivity contribution in [3.8, 4) is 11.8 Å². The molecule has 4 heteroatoms. The molecule has 1 heterocycles. The number of esters is 1. The summed E-state index contributed by atoms with van der Waals surface area (Å²) in [4.78, 5) is 24.7. The summed E-state index contributed by atoms with van der Waals surface area (Å²) in [5.41, 5.74) is 3.25. The molecule has 0 unspecified atom stereocenters. The number of rotatable bonds is 6. The van der Waals surface area contributed by atoms with Crippen molar-refractivity contribution in [3.63, 3.8) is 0 Å². The number of carbonyl (C=O) groups excluding carboxylic acids is 1. The monoisotopic (exact) mass is 406 g/mol. The fraction of sp³-hybridized carbons (Fsp3) is 0.360. The number of aryl methyl sites for hydroxylation is 2. The van der Waals surface area contributed by atoms with Crippen molar-refractivity contribution < 1.29 is 9.53 Å². The smallest absolute Gasteiger partial charge is 0.306 e. The summed E-state index contributed by atoms with van der Waals surface area (Å²) in [5.74, 6) is 5.67. The quantitative estimate of drug-likeness (QED) is 0.303. The van der Waals surface area contributed by atoms with Crippen LogP contribution in [-0.4, -0.2) is 12.6 Å². The van der Waals surface area contributed by atoms with Gasteiger partial charge < -0.3 is 4.74 Å². The molecule has 0 saturated heterocycles. The second-order valence-electron chi connectivity index (χ2n) is 7.05. The molecule has 3 nitrogen and oxygen atoms in total. The molecule has 29 heavy (non-hydrogen) atoms. The molecule has 0 saturated carbocycles. The second-order valence-corrected chi connectivity index (χ2v) is 8.10. The fourth-order valence-corrected chi connectivity index (χ4v) is 4.50. The number of unbranched alkanes of at least 4 members (excludes halogenated alkanes) is 1. The molecule has 0 fully saturated rings. The van der Waals surface area contributed by atoms with Crippen molar-refractivity contribution in [2.75, 3.05) is 6.61 Å². The van der Waals surface area contributed by atoms with Crippen LogP contribution in [-0.2, 0) is 22.4 Å². The van der Waals surface area contributed by atoms with E-state index in [0.717, 1.165) is 46.0 Å². The summed E-state index contributed by atoms with van der Waals surface area (Å²) in [5, 5.41) is 1.50. The molecule has 0 bridgehead atoms. The lowest BCUT2D eigenvalue weighted by Crippen LogP contribution is -2.04. The Kier molecular flexibility index (Phi) is 7.06. The Morgan fingerprint density at radius 3 is 2.62 bits per heavy atom.